The SMILES string of the molecule is COc1ccc(C(=O)NNC(=O)c2ccc([N+](=O)[O-])cc2[N+](=O)[O-])cc1. The Kier molecular flexibility index (Phi) is 5.43. The van der Waals surface area contributed by atoms with E-state index in [2.05, 4.69) is 5.43 Å². The van der Waals surface area contributed by atoms with E-state index in [1.807, 2.05) is 5.43 Å². The Morgan fingerprint density at radius 3 is 2.08 bits per heavy atom. The predicted octanol–water partition coefficient (Wildman–Crippen LogP) is 1.59. The van der Waals surface area contributed by atoms with Crippen molar-refractivity contribution in [2.45, 2.75) is 0 Å². The number of non-ortho nitro benzene ring substituents is 1. The Labute approximate surface area is 145 Å². The summed E-state index contributed by atoms with van der Waals surface area (Å²) in [5.74, 6) is -1.12. The summed E-state index contributed by atoms with van der Waals surface area (Å²) in [5.41, 5.74) is 2.62. The lowest BCUT2D eigenvalue weighted by Gasteiger charge is -2.08. The van der Waals surface area contributed by atoms with Gasteiger partial charge in [0.1, 0.15) is 11.3 Å². The number of carbonyl (C=O) groups excluding carboxylic acids is 2. The molecule has 0 atom stereocenters. The number of benzene rings is 2. The third kappa shape index (κ3) is 4.08. The van der Waals surface area contributed by atoms with Crippen LogP contribution in [0.4, 0.5) is 11.4 Å². The molecule has 0 saturated heterocycles. The average molecular weight is 360 g/mol. The Bertz CT molecular complexity index is 880. The predicted molar refractivity (Wildman–Crippen MR) is 87.7 cm³/mol. The lowest BCUT2D eigenvalue weighted by molar-refractivity contribution is -0.394. The Balaban J connectivity index is 2.12. The van der Waals surface area contributed by atoms with Crippen molar-refractivity contribution >= 4 is 23.2 Å². The van der Waals surface area contributed by atoms with Crippen LogP contribution in [0.25, 0.3) is 0 Å². The van der Waals surface area contributed by atoms with E-state index in [0.29, 0.717) is 11.8 Å². The molecule has 11 nitrogen and oxygen atoms in total. The number of nitrogens with zero attached hydrogens (tertiary/aromatic N) is 2. The van der Waals surface area contributed by atoms with Gasteiger partial charge >= 0.3 is 0 Å². The van der Waals surface area contributed by atoms with Gasteiger partial charge in [0.2, 0.25) is 0 Å². The summed E-state index contributed by atoms with van der Waals surface area (Å²) < 4.78 is 4.95. The number of methoxy groups -OCH3 is 1. The molecular weight excluding hydrogens is 348 g/mol. The van der Waals surface area contributed by atoms with Gasteiger partial charge in [0.15, 0.2) is 0 Å². The summed E-state index contributed by atoms with van der Waals surface area (Å²) in [6, 6.07) is 8.54. The van der Waals surface area contributed by atoms with Crippen molar-refractivity contribution in [3.63, 3.8) is 0 Å². The molecule has 2 aromatic rings. The van der Waals surface area contributed by atoms with E-state index < -0.39 is 38.6 Å². The summed E-state index contributed by atoms with van der Waals surface area (Å²) in [6.07, 6.45) is 0. The van der Waals surface area contributed by atoms with E-state index in [-0.39, 0.29) is 5.56 Å². The first kappa shape index (κ1) is 18.3. The Hall–Kier alpha value is -4.02. The van der Waals surface area contributed by atoms with Crippen LogP contribution >= 0.6 is 0 Å². The molecule has 2 amide bonds. The number of nitro groups is 2. The maximum Gasteiger partial charge on any atom is 0.289 e. The fraction of sp³-hybridized carbons (Fsp3) is 0.0667. The third-order valence-corrected chi connectivity index (χ3v) is 3.28. The maximum absolute atomic E-state index is 12.1. The molecular formula is C15H12N4O7. The van der Waals surface area contributed by atoms with Crippen LogP contribution in [0.3, 0.4) is 0 Å². The molecule has 0 unspecified atom stereocenters. The van der Waals surface area contributed by atoms with Crippen molar-refractivity contribution in [2.24, 2.45) is 0 Å². The summed E-state index contributed by atoms with van der Waals surface area (Å²) in [6.45, 7) is 0. The van der Waals surface area contributed by atoms with E-state index in [0.717, 1.165) is 12.1 Å². The van der Waals surface area contributed by atoms with E-state index in [9.17, 15) is 29.8 Å². The second kappa shape index (κ2) is 7.70. The summed E-state index contributed by atoms with van der Waals surface area (Å²) in [7, 11) is 1.46. The lowest BCUT2D eigenvalue weighted by atomic mass is 10.1. The second-order valence-electron chi connectivity index (χ2n) is 4.85. The first-order valence-corrected chi connectivity index (χ1v) is 7.01. The second-order valence-corrected chi connectivity index (χ2v) is 4.85. The molecule has 0 heterocycles. The van der Waals surface area contributed by atoms with Crippen LogP contribution in [0.15, 0.2) is 42.5 Å². The number of ether oxygens (including phenoxy) is 1. The van der Waals surface area contributed by atoms with Crippen LogP contribution in [0.1, 0.15) is 20.7 Å². The molecule has 0 aliphatic heterocycles. The highest BCUT2D eigenvalue weighted by Gasteiger charge is 2.24. The van der Waals surface area contributed by atoms with Crippen LogP contribution in [0, 0.1) is 20.2 Å². The zero-order valence-corrected chi connectivity index (χ0v) is 13.3. The number of hydrazine groups is 1. The normalized spacial score (nSPS) is 9.88. The first-order chi connectivity index (χ1) is 12.3. The Morgan fingerprint density at radius 2 is 1.54 bits per heavy atom. The molecule has 2 rings (SSSR count). The van der Waals surface area contributed by atoms with E-state index in [1.54, 1.807) is 0 Å². The molecule has 0 spiro atoms. The van der Waals surface area contributed by atoms with Gasteiger partial charge in [0.25, 0.3) is 23.2 Å². The fourth-order valence-corrected chi connectivity index (χ4v) is 1.97. The highest BCUT2D eigenvalue weighted by molar-refractivity contribution is 6.01. The summed E-state index contributed by atoms with van der Waals surface area (Å²) >= 11 is 0. The minimum absolute atomic E-state index is 0.212. The van der Waals surface area contributed by atoms with Crippen LogP contribution in [0.2, 0.25) is 0 Å². The van der Waals surface area contributed by atoms with Gasteiger partial charge in [-0.15, -0.1) is 0 Å². The highest BCUT2D eigenvalue weighted by atomic mass is 16.6. The van der Waals surface area contributed by atoms with E-state index >= 15 is 0 Å². The van der Waals surface area contributed by atoms with Gasteiger partial charge in [-0.25, -0.2) is 0 Å². The van der Waals surface area contributed by atoms with Crippen molar-refractivity contribution in [1.29, 1.82) is 0 Å². The number of carbonyl (C=O) groups is 2. The molecule has 0 bridgehead atoms. The average Bonchev–Trinajstić information content (AvgIpc) is 2.65. The minimum Gasteiger partial charge on any atom is -0.497 e. The van der Waals surface area contributed by atoms with Crippen molar-refractivity contribution in [1.82, 2.24) is 10.9 Å². The quantitative estimate of drug-likeness (QED) is 0.606. The molecule has 11 heteroatoms. The van der Waals surface area contributed by atoms with Crippen LogP contribution < -0.4 is 15.6 Å². The van der Waals surface area contributed by atoms with Crippen molar-refractivity contribution in [2.75, 3.05) is 7.11 Å². The van der Waals surface area contributed by atoms with Crippen LogP contribution in [-0.2, 0) is 0 Å². The van der Waals surface area contributed by atoms with E-state index in [4.69, 9.17) is 4.74 Å². The zero-order valence-electron chi connectivity index (χ0n) is 13.3. The Morgan fingerprint density at radius 1 is 0.923 bits per heavy atom. The summed E-state index contributed by atoms with van der Waals surface area (Å²) in [5, 5.41) is 21.7. The van der Waals surface area contributed by atoms with Crippen molar-refractivity contribution < 1.29 is 24.2 Å². The molecule has 26 heavy (non-hydrogen) atoms. The smallest absolute Gasteiger partial charge is 0.289 e. The molecule has 0 fully saturated rings. The monoisotopic (exact) mass is 360 g/mol. The van der Waals surface area contributed by atoms with Gasteiger partial charge < -0.3 is 4.74 Å². The number of nitrogens with one attached hydrogen (secondary N) is 2. The van der Waals surface area contributed by atoms with Gasteiger partial charge in [0.05, 0.1) is 23.0 Å². The molecule has 0 radical (unpaired) electrons. The minimum atomic E-state index is -0.992. The summed E-state index contributed by atoms with van der Waals surface area (Å²) in [4.78, 5) is 44.0. The number of hydrogen-bond acceptors (Lipinski definition) is 7. The number of nitro benzene ring substituents is 2. The first-order valence-electron chi connectivity index (χ1n) is 7.01. The largest absolute Gasteiger partial charge is 0.497 e. The molecule has 134 valence electrons. The molecule has 2 N–H and O–H groups in total. The number of hydrogen-bond donors (Lipinski definition) is 2. The highest BCUT2D eigenvalue weighted by Crippen LogP contribution is 2.24. The maximum atomic E-state index is 12.1. The zero-order chi connectivity index (χ0) is 19.3. The number of rotatable bonds is 5. The van der Waals surface area contributed by atoms with Gasteiger partial charge in [-0.3, -0.25) is 40.7 Å². The van der Waals surface area contributed by atoms with Gasteiger partial charge in [-0.05, 0) is 30.3 Å². The van der Waals surface area contributed by atoms with Crippen LogP contribution in [-0.4, -0.2) is 28.8 Å². The molecule has 0 aromatic heterocycles. The topological polar surface area (TPSA) is 154 Å². The molecule has 2 aromatic carbocycles. The van der Waals surface area contributed by atoms with Gasteiger partial charge in [-0.1, -0.05) is 0 Å². The molecule has 0 aliphatic rings. The van der Waals surface area contributed by atoms with Crippen molar-refractivity contribution in [3.05, 3.63) is 73.8 Å². The van der Waals surface area contributed by atoms with Crippen molar-refractivity contribution in [3.8, 4) is 5.75 Å². The standard InChI is InChI=1S/C15H12N4O7/c1-26-11-5-2-9(3-6-11)14(20)16-17-15(21)12-7-4-10(18(22)23)8-13(12)19(24)25/h2-8H,1H3,(H,16,20)(H,17,21). The fourth-order valence-electron chi connectivity index (χ4n) is 1.97. The molecule has 0 aliphatic carbocycles. The lowest BCUT2D eigenvalue weighted by Crippen LogP contribution is -2.41. The molecule has 0 saturated carbocycles. The van der Waals surface area contributed by atoms with E-state index in [1.165, 1.54) is 31.4 Å². The third-order valence-electron chi connectivity index (χ3n) is 3.28. The van der Waals surface area contributed by atoms with Gasteiger partial charge in [-0.2, -0.15) is 0 Å². The van der Waals surface area contributed by atoms with Crippen LogP contribution in [0.5, 0.6) is 5.75 Å². The number of amides is 2. The van der Waals surface area contributed by atoms with Gasteiger partial charge in [0, 0.05) is 11.6 Å².